The lowest BCUT2D eigenvalue weighted by Crippen LogP contribution is -1.89. The summed E-state index contributed by atoms with van der Waals surface area (Å²) in [5, 5.41) is 0. The molecule has 1 aliphatic rings. The summed E-state index contributed by atoms with van der Waals surface area (Å²) >= 11 is 0. The van der Waals surface area contributed by atoms with Crippen LogP contribution in [-0.2, 0) is 4.79 Å². The molecule has 0 aromatic heterocycles. The molecule has 0 N–H and O–H groups in total. The predicted molar refractivity (Wildman–Crippen MR) is 77.0 cm³/mol. The highest BCUT2D eigenvalue weighted by molar-refractivity contribution is 5.97. The van der Waals surface area contributed by atoms with Gasteiger partial charge in [0, 0.05) is 6.42 Å². The Labute approximate surface area is 111 Å². The highest BCUT2D eigenvalue weighted by Gasteiger charge is 2.14. The van der Waals surface area contributed by atoms with Gasteiger partial charge < -0.3 is 4.74 Å². The molecule has 0 saturated heterocycles. The first-order valence-corrected chi connectivity index (χ1v) is 6.43. The molecule has 18 heavy (non-hydrogen) atoms. The van der Waals surface area contributed by atoms with Crippen molar-refractivity contribution in [2.45, 2.75) is 40.5 Å². The molecule has 0 spiro atoms. The zero-order valence-corrected chi connectivity index (χ0v) is 12.1. The van der Waals surface area contributed by atoms with Gasteiger partial charge in [0.15, 0.2) is 5.78 Å². The van der Waals surface area contributed by atoms with Crippen LogP contribution in [0, 0.1) is 0 Å². The normalized spacial score (nSPS) is 13.3. The van der Waals surface area contributed by atoms with Crippen LogP contribution in [0.3, 0.4) is 0 Å². The fourth-order valence-corrected chi connectivity index (χ4v) is 1.47. The van der Waals surface area contributed by atoms with Crippen LogP contribution in [0.15, 0.2) is 41.5 Å². The third-order valence-electron chi connectivity index (χ3n) is 2.76. The van der Waals surface area contributed by atoms with Gasteiger partial charge in [0.2, 0.25) is 0 Å². The maximum absolute atomic E-state index is 10.7. The Morgan fingerprint density at radius 1 is 1.00 bits per heavy atom. The second kappa shape index (κ2) is 9.46. The highest BCUT2D eigenvalue weighted by Crippen LogP contribution is 2.20. The number of para-hydroxylation sites is 1. The van der Waals surface area contributed by atoms with Crippen molar-refractivity contribution >= 4 is 5.78 Å². The summed E-state index contributed by atoms with van der Waals surface area (Å²) < 4.78 is 4.91. The summed E-state index contributed by atoms with van der Waals surface area (Å²) in [6, 6.07) is 9.68. The molecule has 0 fully saturated rings. The van der Waals surface area contributed by atoms with Crippen molar-refractivity contribution in [3.8, 4) is 5.75 Å². The van der Waals surface area contributed by atoms with E-state index in [2.05, 4.69) is 0 Å². The lowest BCUT2D eigenvalue weighted by atomic mass is 10.2. The molecule has 2 rings (SSSR count). The number of allylic oxidation sites excluding steroid dienone is 2. The Morgan fingerprint density at radius 2 is 1.56 bits per heavy atom. The first-order chi connectivity index (χ1) is 8.65. The van der Waals surface area contributed by atoms with Gasteiger partial charge in [-0.25, -0.2) is 0 Å². The van der Waals surface area contributed by atoms with E-state index in [0.29, 0.717) is 5.78 Å². The van der Waals surface area contributed by atoms with Crippen molar-refractivity contribution in [3.05, 3.63) is 41.5 Å². The Morgan fingerprint density at radius 3 is 1.78 bits per heavy atom. The van der Waals surface area contributed by atoms with E-state index >= 15 is 0 Å². The van der Waals surface area contributed by atoms with Crippen molar-refractivity contribution in [2.24, 2.45) is 0 Å². The molecule has 0 heterocycles. The number of carbonyl (C=O) groups is 1. The van der Waals surface area contributed by atoms with Gasteiger partial charge in [-0.1, -0.05) is 37.6 Å². The van der Waals surface area contributed by atoms with Gasteiger partial charge in [-0.3, -0.25) is 4.79 Å². The second-order valence-electron chi connectivity index (χ2n) is 3.85. The van der Waals surface area contributed by atoms with E-state index in [1.807, 2.05) is 58.0 Å². The summed E-state index contributed by atoms with van der Waals surface area (Å²) in [6.45, 7) is 7.94. The number of Topliss-reactive ketones (excluding diaryl/α,β-unsaturated/α-hetero) is 1. The fraction of sp³-hybridized carbons (Fsp3) is 0.438. The zero-order chi connectivity index (χ0) is 14.0. The van der Waals surface area contributed by atoms with Gasteiger partial charge >= 0.3 is 0 Å². The summed E-state index contributed by atoms with van der Waals surface area (Å²) in [5.74, 6) is 1.25. The van der Waals surface area contributed by atoms with Gasteiger partial charge in [-0.15, -0.1) is 0 Å². The molecule has 1 aliphatic carbocycles. The molecule has 1 aromatic carbocycles. The summed E-state index contributed by atoms with van der Waals surface area (Å²) in [4.78, 5) is 10.7. The molecule has 0 bridgehead atoms. The molecule has 0 unspecified atom stereocenters. The fourth-order valence-electron chi connectivity index (χ4n) is 1.47. The third-order valence-corrected chi connectivity index (χ3v) is 2.76. The maximum Gasteiger partial charge on any atom is 0.158 e. The van der Waals surface area contributed by atoms with E-state index in [4.69, 9.17) is 4.74 Å². The van der Waals surface area contributed by atoms with Gasteiger partial charge in [0.05, 0.1) is 7.11 Å². The van der Waals surface area contributed by atoms with Gasteiger partial charge in [-0.2, -0.15) is 0 Å². The first-order valence-electron chi connectivity index (χ1n) is 6.43. The van der Waals surface area contributed by atoms with E-state index in [9.17, 15) is 4.79 Å². The van der Waals surface area contributed by atoms with E-state index in [0.717, 1.165) is 24.2 Å². The average molecular weight is 248 g/mol. The Kier molecular flexibility index (Phi) is 8.63. The lowest BCUT2D eigenvalue weighted by Gasteiger charge is -1.93. The molecule has 0 aliphatic heterocycles. The molecule has 0 atom stereocenters. The van der Waals surface area contributed by atoms with Crippen LogP contribution in [-0.4, -0.2) is 12.9 Å². The highest BCUT2D eigenvalue weighted by atomic mass is 16.5. The molecule has 0 saturated carbocycles. The standard InChI is InChI=1S/C7H10O.C7H8O.C2H6/c1-5-3-4-7(8)6(5)2;1-8-7-5-3-2-4-6-7;1-2/h3-4H2,1-2H3;2-6H,1H3;1-2H3. The first kappa shape index (κ1) is 16.4. The second-order valence-corrected chi connectivity index (χ2v) is 3.85. The van der Waals surface area contributed by atoms with Crippen molar-refractivity contribution < 1.29 is 9.53 Å². The van der Waals surface area contributed by atoms with Crippen molar-refractivity contribution in [2.75, 3.05) is 7.11 Å². The SMILES string of the molecule is CC.CC1=C(C)C(=O)CC1.COc1ccccc1. The molecule has 0 amide bonds. The molecule has 100 valence electrons. The molecule has 0 radical (unpaired) electrons. The van der Waals surface area contributed by atoms with Crippen LogP contribution in [0.2, 0.25) is 0 Å². The number of benzene rings is 1. The third kappa shape index (κ3) is 5.67. The molecule has 2 heteroatoms. The Bertz CT molecular complexity index is 377. The minimum absolute atomic E-state index is 0.336. The number of carbonyl (C=O) groups excluding carboxylic acids is 1. The summed E-state index contributed by atoms with van der Waals surface area (Å²) in [7, 11) is 1.66. The van der Waals surface area contributed by atoms with Gasteiger partial charge in [0.25, 0.3) is 0 Å². The zero-order valence-electron chi connectivity index (χ0n) is 12.1. The number of hydrogen-bond acceptors (Lipinski definition) is 2. The van der Waals surface area contributed by atoms with Crippen molar-refractivity contribution in [3.63, 3.8) is 0 Å². The number of ketones is 1. The molecular weight excluding hydrogens is 224 g/mol. The van der Waals surface area contributed by atoms with Gasteiger partial charge in [-0.05, 0) is 38.0 Å². The number of hydrogen-bond donors (Lipinski definition) is 0. The Hall–Kier alpha value is -1.57. The minimum atomic E-state index is 0.336. The topological polar surface area (TPSA) is 26.3 Å². The Balaban J connectivity index is 0.000000283. The van der Waals surface area contributed by atoms with Crippen molar-refractivity contribution in [1.82, 2.24) is 0 Å². The largest absolute Gasteiger partial charge is 0.497 e. The minimum Gasteiger partial charge on any atom is -0.497 e. The predicted octanol–water partition coefficient (Wildman–Crippen LogP) is 4.41. The van der Waals surface area contributed by atoms with E-state index < -0.39 is 0 Å². The van der Waals surface area contributed by atoms with Crippen LogP contribution in [0.4, 0.5) is 0 Å². The smallest absolute Gasteiger partial charge is 0.158 e. The lowest BCUT2D eigenvalue weighted by molar-refractivity contribution is -0.114. The summed E-state index contributed by atoms with van der Waals surface area (Å²) in [6.07, 6.45) is 1.74. The van der Waals surface area contributed by atoms with E-state index in [1.54, 1.807) is 7.11 Å². The molecule has 1 aromatic rings. The van der Waals surface area contributed by atoms with Crippen LogP contribution in [0.5, 0.6) is 5.75 Å². The van der Waals surface area contributed by atoms with Crippen LogP contribution in [0.1, 0.15) is 40.5 Å². The quantitative estimate of drug-likeness (QED) is 0.736. The molecular formula is C16H24O2. The van der Waals surface area contributed by atoms with Crippen LogP contribution < -0.4 is 4.74 Å². The monoisotopic (exact) mass is 248 g/mol. The van der Waals surface area contributed by atoms with Gasteiger partial charge in [0.1, 0.15) is 5.75 Å². The molecule has 2 nitrogen and oxygen atoms in total. The van der Waals surface area contributed by atoms with Crippen molar-refractivity contribution in [1.29, 1.82) is 0 Å². The van der Waals surface area contributed by atoms with Crippen LogP contribution in [0.25, 0.3) is 0 Å². The number of ether oxygens (including phenoxy) is 1. The maximum atomic E-state index is 10.7. The van der Waals surface area contributed by atoms with E-state index in [-0.39, 0.29) is 0 Å². The number of methoxy groups -OCH3 is 1. The number of rotatable bonds is 1. The summed E-state index contributed by atoms with van der Waals surface area (Å²) in [5.41, 5.74) is 2.26. The average Bonchev–Trinajstić information content (AvgIpc) is 2.74. The van der Waals surface area contributed by atoms with E-state index in [1.165, 1.54) is 5.57 Å². The van der Waals surface area contributed by atoms with Crippen LogP contribution >= 0.6 is 0 Å².